The second-order valence-corrected chi connectivity index (χ2v) is 34.1. The molecular weight excluding hydrogens is 1730 g/mol. The number of rotatable bonds is 19. The van der Waals surface area contributed by atoms with E-state index in [2.05, 4.69) is 93.5 Å². The molecule has 4 saturated carbocycles. The van der Waals surface area contributed by atoms with Crippen LogP contribution < -0.4 is 76.2 Å². The molecular formula is C83H120F12N20O14. The van der Waals surface area contributed by atoms with Gasteiger partial charge in [-0.3, -0.25) is 24.0 Å². The van der Waals surface area contributed by atoms with Crippen molar-refractivity contribution in [1.29, 1.82) is 5.53 Å². The molecule has 19 N–H and O–H groups in total. The van der Waals surface area contributed by atoms with Crippen LogP contribution in [-0.4, -0.2) is 199 Å². The Hall–Kier alpha value is -11.6. The van der Waals surface area contributed by atoms with E-state index in [1.54, 1.807) is 107 Å². The predicted octanol–water partition coefficient (Wildman–Crippen LogP) is 15.0. The molecule has 4 aliphatic rings. The van der Waals surface area contributed by atoms with Crippen LogP contribution in [0.3, 0.4) is 0 Å². The molecule has 34 nitrogen and oxygen atoms in total. The number of hydrogen-bond donors (Lipinski definition) is 14. The number of nitrogens with two attached hydrogens (primary N) is 5. The van der Waals surface area contributed by atoms with Gasteiger partial charge in [-0.05, 0) is 216 Å². The molecule has 4 aliphatic carbocycles. The van der Waals surface area contributed by atoms with E-state index in [1.807, 2.05) is 62.4 Å². The minimum absolute atomic E-state index is 0.0325. The Balaban J connectivity index is 0.000000404. The number of anilines is 6. The fraction of sp³-hybridized carbons (Fsp3) is 0.578. The minimum atomic E-state index is -5.77. The molecule has 0 spiro atoms. The first kappa shape index (κ1) is 112. The van der Waals surface area contributed by atoms with Crippen molar-refractivity contribution >= 4 is 93.9 Å². The standard InChI is InChI=1S/C18H22F2N6O.C18H17N7O2.C16H28F2N2O4.C16H28N2O5.C6H12F2N2.C5H13N.C4F6O2/c1-10-4-2-5-11(8-10)24-16-12(15(22)27)9-23-17(26-16)25-13-6-3-7-18(19,20)14(13)21;1-11-5-4-6-12(9-11)22-17-13(16(19)26)10-21-18(23-17)27-25-15-8-3-2-7-14(15)24-20;1-14(2,3)23-12(21)19-10-8-7-9-16(17,18)11(10)20-13(22)24-15(4,5)6;1-15(2,3)22-13(20)17-10-8-7-9-11(19)12(10)18-14(21)23-16(4,5)6;7-6(8)3-1-2-4(9)5(6)10;1-4-6(3)5-2;5-3(6,7)1(11)2(12)4(8,9)10/h2,4-5,8-9,13-14H,3,6-7,21H2,1H3,(H2,22,27)(H2,23,24,25,26);2-10,20,25H,1H3,(H2,19,26)(H,21,22,23);10-11H,7-9H2,1-6H3,(H,19,21)(H,20,22);10,12H,7-9H2,1-6H3,(H,17,20)(H,18,21);4-5H,1-3,9-10H2;4-5H2,1-3H3;/t13-,14-;;10-,11-;10-,12-;4-,5-;;/m1.111../s1. The molecule has 8 atom stereocenters. The van der Waals surface area contributed by atoms with Gasteiger partial charge >= 0.3 is 54.3 Å². The number of benzene rings is 3. The fourth-order valence-electron chi connectivity index (χ4n) is 11.8. The molecule has 0 bridgehead atoms. The molecule has 3 aromatic carbocycles. The molecule has 0 aliphatic heterocycles. The Morgan fingerprint density at radius 1 is 0.527 bits per heavy atom. The largest absolute Gasteiger partial charge is 0.458 e. The summed E-state index contributed by atoms with van der Waals surface area (Å²) in [5, 5.41) is 22.2. The molecule has 129 heavy (non-hydrogen) atoms. The van der Waals surface area contributed by atoms with Crippen molar-refractivity contribution in [3.63, 3.8) is 0 Å². The summed E-state index contributed by atoms with van der Waals surface area (Å²) in [6.45, 7) is 31.0. The average molecular weight is 1850 g/mol. The van der Waals surface area contributed by atoms with Crippen LogP contribution in [-0.2, 0) is 33.3 Å². The van der Waals surface area contributed by atoms with Gasteiger partial charge in [-0.2, -0.15) is 41.4 Å². The molecule has 46 heteroatoms. The molecule has 2 heterocycles. The van der Waals surface area contributed by atoms with E-state index in [-0.39, 0.29) is 66.2 Å². The molecule has 0 unspecified atom stereocenters. The lowest BCUT2D eigenvalue weighted by Gasteiger charge is -2.38. The van der Waals surface area contributed by atoms with E-state index in [4.69, 9.17) is 58.0 Å². The molecule has 4 fully saturated rings. The summed E-state index contributed by atoms with van der Waals surface area (Å²) in [7, 11) is 2.11. The summed E-state index contributed by atoms with van der Waals surface area (Å²) in [5.41, 5.74) is 38.6. The van der Waals surface area contributed by atoms with Crippen molar-refractivity contribution in [2.45, 2.75) is 289 Å². The van der Waals surface area contributed by atoms with Crippen LogP contribution in [0.2, 0.25) is 0 Å². The minimum Gasteiger partial charge on any atom is -0.444 e. The Kier molecular flexibility index (Phi) is 42.2. The van der Waals surface area contributed by atoms with Gasteiger partial charge in [0.05, 0.1) is 35.9 Å². The van der Waals surface area contributed by atoms with Crippen molar-refractivity contribution in [2.75, 3.05) is 41.6 Å². The maximum Gasteiger partial charge on any atom is 0.458 e. The van der Waals surface area contributed by atoms with Crippen LogP contribution in [0, 0.1) is 19.4 Å². The topological polar surface area (TPSA) is 517 Å². The van der Waals surface area contributed by atoms with Gasteiger partial charge in [0.25, 0.3) is 29.6 Å². The number of primary amides is 2. The summed E-state index contributed by atoms with van der Waals surface area (Å²) in [6, 6.07) is 14.4. The normalized spacial score (nSPS) is 19.8. The third-order valence-electron chi connectivity index (χ3n) is 18.3. The van der Waals surface area contributed by atoms with Crippen molar-refractivity contribution < 1.29 is 120 Å². The highest BCUT2D eigenvalue weighted by atomic mass is 19.4. The smallest absolute Gasteiger partial charge is 0.444 e. The number of halogens is 12. The van der Waals surface area contributed by atoms with E-state index in [0.29, 0.717) is 68.4 Å². The van der Waals surface area contributed by atoms with Gasteiger partial charge in [0.15, 0.2) is 11.6 Å². The Morgan fingerprint density at radius 2 is 0.938 bits per heavy atom. The quantitative estimate of drug-likeness (QED) is 0.0120. The predicted molar refractivity (Wildman–Crippen MR) is 456 cm³/mol. The number of ketones is 3. The Morgan fingerprint density at radius 3 is 1.36 bits per heavy atom. The van der Waals surface area contributed by atoms with Crippen LogP contribution in [0.5, 0.6) is 6.01 Å². The van der Waals surface area contributed by atoms with Crippen molar-refractivity contribution in [1.82, 2.24) is 46.1 Å². The maximum atomic E-state index is 14.2. The average Bonchev–Trinajstić information content (AvgIpc) is 0.805. The molecule has 2 aromatic heterocycles. The molecule has 0 radical (unpaired) electrons. The van der Waals surface area contributed by atoms with Crippen LogP contribution in [0.4, 0.5) is 112 Å². The highest BCUT2D eigenvalue weighted by molar-refractivity contribution is 6.41. The summed E-state index contributed by atoms with van der Waals surface area (Å²) < 4.78 is 169. The van der Waals surface area contributed by atoms with Gasteiger partial charge in [0.2, 0.25) is 5.95 Å². The van der Waals surface area contributed by atoms with Gasteiger partial charge in [-0.1, -0.05) is 50.2 Å². The number of ether oxygens (including phenoxy) is 4. The van der Waals surface area contributed by atoms with Crippen LogP contribution in [0.25, 0.3) is 0 Å². The number of carbonyl (C=O) groups is 9. The lowest BCUT2D eigenvalue weighted by molar-refractivity contribution is -0.193. The molecule has 9 rings (SSSR count). The first-order chi connectivity index (χ1) is 59.3. The first-order valence-electron chi connectivity index (χ1n) is 40.8. The lowest BCUT2D eigenvalue weighted by atomic mass is 9.87. The lowest BCUT2D eigenvalue weighted by Crippen LogP contribution is -2.62. The number of para-hydroxylation sites is 2. The number of alkyl carbamates (subject to hydrolysis) is 4. The number of nitrogens with one attached hydrogen (secondary N) is 9. The second kappa shape index (κ2) is 48.7. The number of amides is 6. The van der Waals surface area contributed by atoms with E-state index in [9.17, 15) is 95.8 Å². The third kappa shape index (κ3) is 40.8. The first-order valence-corrected chi connectivity index (χ1v) is 40.8. The van der Waals surface area contributed by atoms with Gasteiger partial charge in [-0.25, -0.2) is 66.5 Å². The summed E-state index contributed by atoms with van der Waals surface area (Å²) in [5.74, 6) is -16.6. The van der Waals surface area contributed by atoms with Crippen LogP contribution in [0.1, 0.15) is 206 Å². The molecule has 6 amide bonds. The van der Waals surface area contributed by atoms with E-state index in [1.165, 1.54) is 12.4 Å². The highest BCUT2D eigenvalue weighted by Crippen LogP contribution is 2.37. The molecule has 720 valence electrons. The SMILES string of the molecule is CC(C)(C)OC(=O)N[C@@H]1CCCC(=O)[C@@H]1NC(=O)OC(C)(C)C.CC(C)(C)OC(=O)N[C@@H]1[C@H](NC(=O)OC(C)(C)C)CCCC1(F)F.CCN(C)CC.Cc1cccc(Nc2nc(N[C@@H]3CCCC(F)(F)[C@@H]3N)ncc2C(N)=O)c1.Cc1cccc(Nc2nc(ONc3ccccc3N=N)ncc2C(N)=O)c1.N[C@@H]1CCCC(F)(F)[C@@H]1N.O=C(C(=O)C(F)(F)F)C(F)(F)F. The van der Waals surface area contributed by atoms with Gasteiger partial charge < -0.3 is 94.6 Å². The number of aromatic nitrogens is 4. The van der Waals surface area contributed by atoms with Gasteiger partial charge in [-0.15, -0.1) is 0 Å². The van der Waals surface area contributed by atoms with E-state index in [0.717, 1.165) is 29.9 Å². The Bertz CT molecular complexity index is 4520. The monoisotopic (exact) mass is 1850 g/mol. The summed E-state index contributed by atoms with van der Waals surface area (Å²) in [6.07, 6.45) is -8.58. The number of nitrogens with zero attached hydrogens (tertiary/aromatic N) is 6. The number of aryl methyl sites for hydroxylation is 2. The number of carbonyl (C=O) groups excluding carboxylic acids is 9. The molecule has 0 saturated heterocycles. The van der Waals surface area contributed by atoms with Gasteiger partial charge in [0, 0.05) is 55.5 Å². The van der Waals surface area contributed by atoms with Crippen molar-refractivity contribution in [2.24, 2.45) is 33.8 Å². The van der Waals surface area contributed by atoms with Crippen LogP contribution in [0.15, 0.2) is 90.3 Å². The number of alkyl halides is 12. The molecule has 5 aromatic rings. The number of hydrogen-bond acceptors (Lipinski definition) is 28. The van der Waals surface area contributed by atoms with Crippen molar-refractivity contribution in [3.05, 3.63) is 107 Å². The van der Waals surface area contributed by atoms with Gasteiger partial charge in [0.1, 0.15) is 57.1 Å². The highest BCUT2D eigenvalue weighted by Gasteiger charge is 2.55. The second-order valence-electron chi connectivity index (χ2n) is 34.1. The number of Topliss-reactive ketones (excluding diaryl/α,β-unsaturated/α-hetero) is 3. The summed E-state index contributed by atoms with van der Waals surface area (Å²) in [4.78, 5) is 126. The summed E-state index contributed by atoms with van der Waals surface area (Å²) >= 11 is 0. The zero-order valence-corrected chi connectivity index (χ0v) is 74.9. The zero-order valence-electron chi connectivity index (χ0n) is 74.9. The maximum absolute atomic E-state index is 14.2. The van der Waals surface area contributed by atoms with E-state index < -0.39 is 149 Å². The third-order valence-corrected chi connectivity index (χ3v) is 18.3. The zero-order chi connectivity index (χ0) is 98.3. The van der Waals surface area contributed by atoms with Crippen molar-refractivity contribution in [3.8, 4) is 6.01 Å². The fourth-order valence-corrected chi connectivity index (χ4v) is 11.8. The Labute approximate surface area is 739 Å². The van der Waals surface area contributed by atoms with Crippen LogP contribution >= 0.6 is 0 Å². The van der Waals surface area contributed by atoms with E-state index >= 15 is 0 Å².